The van der Waals surface area contributed by atoms with Gasteiger partial charge in [0.15, 0.2) is 0 Å². The first-order chi connectivity index (χ1) is 10.6. The molecule has 0 atom stereocenters. The van der Waals surface area contributed by atoms with Gasteiger partial charge in [-0.15, -0.1) is 0 Å². The lowest BCUT2D eigenvalue weighted by molar-refractivity contribution is -0.0222. The summed E-state index contributed by atoms with van der Waals surface area (Å²) in [6.07, 6.45) is 3.06. The number of alkyl halides is 2. The average molecular weight is 304 g/mol. The number of piperidine rings is 1. The van der Waals surface area contributed by atoms with Crippen molar-refractivity contribution in [1.82, 2.24) is 25.0 Å². The van der Waals surface area contributed by atoms with Gasteiger partial charge in [-0.05, 0) is 18.2 Å². The number of rotatable bonds is 2. The molecular formula is C14H14F2N6. The average Bonchev–Trinajstić information content (AvgIpc) is 3.17. The first-order valence-electron chi connectivity index (χ1n) is 7.09. The quantitative estimate of drug-likeness (QED) is 0.789. The number of hydrogen-bond donors (Lipinski definition) is 1. The van der Waals surface area contributed by atoms with Crippen molar-refractivity contribution in [2.75, 3.05) is 18.0 Å². The van der Waals surface area contributed by atoms with E-state index in [0.717, 1.165) is 16.9 Å². The Morgan fingerprint density at radius 2 is 2.00 bits per heavy atom. The zero-order valence-corrected chi connectivity index (χ0v) is 11.7. The summed E-state index contributed by atoms with van der Waals surface area (Å²) in [5.41, 5.74) is 2.49. The van der Waals surface area contributed by atoms with Crippen LogP contribution in [0.25, 0.3) is 16.8 Å². The summed E-state index contributed by atoms with van der Waals surface area (Å²) in [6, 6.07) is 5.75. The third kappa shape index (κ3) is 2.20. The Bertz CT molecular complexity index is 785. The second-order valence-corrected chi connectivity index (χ2v) is 5.47. The first kappa shape index (κ1) is 13.2. The second-order valence-electron chi connectivity index (χ2n) is 5.47. The van der Waals surface area contributed by atoms with Crippen molar-refractivity contribution >= 4 is 11.3 Å². The van der Waals surface area contributed by atoms with Gasteiger partial charge < -0.3 is 4.90 Å². The van der Waals surface area contributed by atoms with Crippen molar-refractivity contribution in [3.05, 3.63) is 30.6 Å². The molecule has 0 radical (unpaired) electrons. The fraction of sp³-hybridized carbons (Fsp3) is 0.357. The van der Waals surface area contributed by atoms with Crippen LogP contribution in [0.15, 0.2) is 30.6 Å². The van der Waals surface area contributed by atoms with E-state index in [1.165, 1.54) is 0 Å². The van der Waals surface area contributed by atoms with E-state index in [4.69, 9.17) is 0 Å². The number of anilines is 1. The van der Waals surface area contributed by atoms with E-state index < -0.39 is 5.92 Å². The molecule has 3 aromatic rings. The maximum atomic E-state index is 13.4. The molecule has 22 heavy (non-hydrogen) atoms. The third-order valence-electron chi connectivity index (χ3n) is 4.01. The van der Waals surface area contributed by atoms with Crippen molar-refractivity contribution in [1.29, 1.82) is 0 Å². The normalized spacial score (nSPS) is 18.0. The van der Waals surface area contributed by atoms with E-state index in [9.17, 15) is 8.78 Å². The van der Waals surface area contributed by atoms with Crippen LogP contribution in [-0.4, -0.2) is 44.0 Å². The van der Waals surface area contributed by atoms with Crippen molar-refractivity contribution in [2.24, 2.45) is 0 Å². The Balaban J connectivity index is 1.78. The maximum Gasteiger partial charge on any atom is 0.251 e. The molecule has 0 unspecified atom stereocenters. The van der Waals surface area contributed by atoms with E-state index in [1.54, 1.807) is 16.9 Å². The highest BCUT2D eigenvalue weighted by molar-refractivity contribution is 5.70. The van der Waals surface area contributed by atoms with Gasteiger partial charge in [0.25, 0.3) is 5.92 Å². The zero-order chi connectivity index (χ0) is 15.2. The number of hydrogen-bond acceptors (Lipinski definition) is 4. The fourth-order valence-corrected chi connectivity index (χ4v) is 2.79. The number of pyridine rings is 1. The van der Waals surface area contributed by atoms with E-state index in [0.29, 0.717) is 18.8 Å². The Morgan fingerprint density at radius 3 is 2.73 bits per heavy atom. The molecule has 0 bridgehead atoms. The van der Waals surface area contributed by atoms with Crippen molar-refractivity contribution in [3.63, 3.8) is 0 Å². The predicted octanol–water partition coefficient (Wildman–Crippen LogP) is 2.35. The summed E-state index contributed by atoms with van der Waals surface area (Å²) >= 11 is 0. The van der Waals surface area contributed by atoms with Crippen LogP contribution in [0, 0.1) is 0 Å². The van der Waals surface area contributed by atoms with Crippen molar-refractivity contribution in [3.8, 4) is 11.3 Å². The third-order valence-corrected chi connectivity index (χ3v) is 4.01. The summed E-state index contributed by atoms with van der Waals surface area (Å²) in [6.45, 7) is 0.620. The number of nitrogens with one attached hydrogen (secondary N) is 1. The molecule has 0 aromatic carbocycles. The van der Waals surface area contributed by atoms with Crippen molar-refractivity contribution < 1.29 is 8.78 Å². The molecule has 3 aromatic heterocycles. The van der Waals surface area contributed by atoms with Gasteiger partial charge in [-0.25, -0.2) is 13.3 Å². The van der Waals surface area contributed by atoms with Crippen LogP contribution in [-0.2, 0) is 0 Å². The van der Waals surface area contributed by atoms with Gasteiger partial charge in [0.1, 0.15) is 11.5 Å². The first-order valence-corrected chi connectivity index (χ1v) is 7.09. The largest absolute Gasteiger partial charge is 0.356 e. The summed E-state index contributed by atoms with van der Waals surface area (Å²) in [4.78, 5) is 1.95. The van der Waals surface area contributed by atoms with E-state index >= 15 is 0 Å². The molecule has 0 saturated carbocycles. The number of halogens is 2. The van der Waals surface area contributed by atoms with Crippen LogP contribution in [0.4, 0.5) is 14.6 Å². The highest BCUT2D eigenvalue weighted by Gasteiger charge is 2.34. The highest BCUT2D eigenvalue weighted by Crippen LogP contribution is 2.32. The van der Waals surface area contributed by atoms with Crippen LogP contribution in [0.5, 0.6) is 0 Å². The molecule has 8 heteroatoms. The highest BCUT2D eigenvalue weighted by atomic mass is 19.3. The number of aromatic nitrogens is 5. The molecule has 1 N–H and O–H groups in total. The minimum Gasteiger partial charge on any atom is -0.356 e. The van der Waals surface area contributed by atoms with Crippen LogP contribution < -0.4 is 4.90 Å². The maximum absolute atomic E-state index is 13.4. The minimum absolute atomic E-state index is 0.135. The zero-order valence-electron chi connectivity index (χ0n) is 11.7. The van der Waals surface area contributed by atoms with Crippen LogP contribution in [0.2, 0.25) is 0 Å². The van der Waals surface area contributed by atoms with E-state index in [-0.39, 0.29) is 12.8 Å². The van der Waals surface area contributed by atoms with Gasteiger partial charge in [-0.1, -0.05) is 0 Å². The van der Waals surface area contributed by atoms with Crippen LogP contribution in [0.1, 0.15) is 12.8 Å². The Morgan fingerprint density at radius 1 is 1.18 bits per heavy atom. The molecule has 4 heterocycles. The summed E-state index contributed by atoms with van der Waals surface area (Å²) in [5.74, 6) is -1.76. The summed E-state index contributed by atoms with van der Waals surface area (Å²) in [5, 5.41) is 14.8. The fourth-order valence-electron chi connectivity index (χ4n) is 2.79. The molecule has 1 fully saturated rings. The van der Waals surface area contributed by atoms with E-state index in [2.05, 4.69) is 20.5 Å². The standard InChI is InChI=1S/C14H14F2N6/c15-14(16)2-5-21(6-3-14)13-8-10(12-9-17-20-19-12)7-11-1-4-18-22(11)13/h1,4,7-9H,2-3,5-6H2,(H,17,19,20). The van der Waals surface area contributed by atoms with E-state index in [1.807, 2.05) is 23.1 Å². The lowest BCUT2D eigenvalue weighted by Crippen LogP contribution is -2.40. The van der Waals surface area contributed by atoms with Gasteiger partial charge in [0.05, 0.1) is 17.9 Å². The molecule has 0 spiro atoms. The Kier molecular flexibility index (Phi) is 2.85. The second kappa shape index (κ2) is 4.75. The SMILES string of the molecule is FC1(F)CCN(c2cc(-c3cn[nH]n3)cc3ccnn23)CC1. The number of H-pyrrole nitrogens is 1. The monoisotopic (exact) mass is 304 g/mol. The number of fused-ring (bicyclic) bond motifs is 1. The Labute approximate surface area is 124 Å². The molecule has 1 saturated heterocycles. The Hall–Kier alpha value is -2.51. The van der Waals surface area contributed by atoms with Gasteiger partial charge in [-0.2, -0.15) is 20.5 Å². The molecule has 114 valence electrons. The minimum atomic E-state index is -2.57. The summed E-state index contributed by atoms with van der Waals surface area (Å²) in [7, 11) is 0. The van der Waals surface area contributed by atoms with Crippen LogP contribution in [0.3, 0.4) is 0 Å². The summed E-state index contributed by atoms with van der Waals surface area (Å²) < 4.78 is 28.5. The molecular weight excluding hydrogens is 290 g/mol. The van der Waals surface area contributed by atoms with Gasteiger partial charge in [-0.3, -0.25) is 0 Å². The van der Waals surface area contributed by atoms with Crippen LogP contribution >= 0.6 is 0 Å². The lowest BCUT2D eigenvalue weighted by Gasteiger charge is -2.33. The molecule has 6 nitrogen and oxygen atoms in total. The molecule has 1 aliphatic heterocycles. The molecule has 4 rings (SSSR count). The smallest absolute Gasteiger partial charge is 0.251 e. The number of aromatic amines is 1. The van der Waals surface area contributed by atoms with Gasteiger partial charge in [0, 0.05) is 31.5 Å². The van der Waals surface area contributed by atoms with Crippen molar-refractivity contribution in [2.45, 2.75) is 18.8 Å². The predicted molar refractivity (Wildman–Crippen MR) is 77.0 cm³/mol. The topological polar surface area (TPSA) is 62.1 Å². The molecule has 0 aliphatic carbocycles. The lowest BCUT2D eigenvalue weighted by atomic mass is 10.1. The number of nitrogens with zero attached hydrogens (tertiary/aromatic N) is 5. The molecule has 0 amide bonds. The molecule has 1 aliphatic rings. The van der Waals surface area contributed by atoms with Gasteiger partial charge in [0.2, 0.25) is 0 Å². The van der Waals surface area contributed by atoms with Gasteiger partial charge >= 0.3 is 0 Å².